The molecule has 3 aromatic rings. The quantitative estimate of drug-likeness (QED) is 0.580. The fraction of sp³-hybridized carbons (Fsp3) is 0.192. The molecule has 0 aromatic heterocycles. The van der Waals surface area contributed by atoms with Gasteiger partial charge in [-0.2, -0.15) is 0 Å². The van der Waals surface area contributed by atoms with E-state index in [4.69, 9.17) is 9.47 Å². The maximum Gasteiger partial charge on any atom is 0.263 e. The fourth-order valence-corrected chi connectivity index (χ4v) is 4.21. The maximum absolute atomic E-state index is 13.5. The second-order valence-corrected chi connectivity index (χ2v) is 7.58. The fourth-order valence-electron chi connectivity index (χ4n) is 4.21. The SMILES string of the molecule is COc1cc(N2CCOCC2)ccc1C=C1C(=O)N(c2ccccc2)c2ccccc21. The average molecular weight is 412 g/mol. The number of benzene rings is 3. The predicted octanol–water partition coefficient (Wildman–Crippen LogP) is 4.75. The van der Waals surface area contributed by atoms with Gasteiger partial charge in [-0.25, -0.2) is 0 Å². The molecule has 2 heterocycles. The summed E-state index contributed by atoms with van der Waals surface area (Å²) in [6.45, 7) is 3.19. The van der Waals surface area contributed by atoms with Gasteiger partial charge in [0.2, 0.25) is 0 Å². The summed E-state index contributed by atoms with van der Waals surface area (Å²) < 4.78 is 11.2. The van der Waals surface area contributed by atoms with Gasteiger partial charge in [0.15, 0.2) is 0 Å². The van der Waals surface area contributed by atoms with E-state index in [-0.39, 0.29) is 5.91 Å². The Kier molecular flexibility index (Phi) is 5.18. The van der Waals surface area contributed by atoms with Gasteiger partial charge in [0.05, 0.1) is 31.6 Å². The Balaban J connectivity index is 1.55. The smallest absolute Gasteiger partial charge is 0.263 e. The zero-order valence-electron chi connectivity index (χ0n) is 17.5. The number of methoxy groups -OCH3 is 1. The van der Waals surface area contributed by atoms with Gasteiger partial charge < -0.3 is 14.4 Å². The molecule has 0 saturated carbocycles. The zero-order valence-corrected chi connectivity index (χ0v) is 17.5. The molecule has 2 aliphatic rings. The van der Waals surface area contributed by atoms with Gasteiger partial charge in [-0.15, -0.1) is 0 Å². The molecule has 0 atom stereocenters. The van der Waals surface area contributed by atoms with Crippen LogP contribution in [0, 0.1) is 0 Å². The van der Waals surface area contributed by atoms with E-state index < -0.39 is 0 Å². The number of rotatable bonds is 4. The number of ether oxygens (including phenoxy) is 2. The standard InChI is InChI=1S/C26H24N2O3/c1-30-25-18-21(27-13-15-31-16-14-27)12-11-19(25)17-23-22-9-5-6-10-24(22)28(26(23)29)20-7-3-2-4-8-20/h2-12,17-18H,13-16H2,1H3. The molecule has 0 spiro atoms. The molecule has 1 amide bonds. The van der Waals surface area contributed by atoms with Crippen LogP contribution < -0.4 is 14.5 Å². The molecule has 31 heavy (non-hydrogen) atoms. The van der Waals surface area contributed by atoms with Crippen LogP contribution in [0.1, 0.15) is 11.1 Å². The van der Waals surface area contributed by atoms with E-state index in [1.807, 2.05) is 72.8 Å². The van der Waals surface area contributed by atoms with Crippen LogP contribution in [0.2, 0.25) is 0 Å². The van der Waals surface area contributed by atoms with Crippen LogP contribution in [0.5, 0.6) is 5.75 Å². The molecule has 3 aromatic carbocycles. The molecule has 156 valence electrons. The highest BCUT2D eigenvalue weighted by Crippen LogP contribution is 2.42. The van der Waals surface area contributed by atoms with Crippen LogP contribution in [0.15, 0.2) is 72.8 Å². The second-order valence-electron chi connectivity index (χ2n) is 7.58. The third-order valence-electron chi connectivity index (χ3n) is 5.78. The number of para-hydroxylation sites is 2. The van der Waals surface area contributed by atoms with Crippen molar-refractivity contribution in [2.24, 2.45) is 0 Å². The molecule has 0 bridgehead atoms. The molecule has 0 radical (unpaired) electrons. The maximum atomic E-state index is 13.5. The summed E-state index contributed by atoms with van der Waals surface area (Å²) in [7, 11) is 1.67. The lowest BCUT2D eigenvalue weighted by atomic mass is 10.0. The van der Waals surface area contributed by atoms with E-state index in [0.29, 0.717) is 5.57 Å². The summed E-state index contributed by atoms with van der Waals surface area (Å²) in [6.07, 6.45) is 1.94. The summed E-state index contributed by atoms with van der Waals surface area (Å²) in [4.78, 5) is 17.5. The van der Waals surface area contributed by atoms with Crippen molar-refractivity contribution < 1.29 is 14.3 Å². The number of morpholine rings is 1. The first-order valence-corrected chi connectivity index (χ1v) is 10.5. The van der Waals surface area contributed by atoms with E-state index >= 15 is 0 Å². The van der Waals surface area contributed by atoms with Gasteiger partial charge >= 0.3 is 0 Å². The predicted molar refractivity (Wildman–Crippen MR) is 124 cm³/mol. The van der Waals surface area contributed by atoms with Gasteiger partial charge in [-0.3, -0.25) is 9.69 Å². The Morgan fingerprint density at radius 2 is 1.65 bits per heavy atom. The third-order valence-corrected chi connectivity index (χ3v) is 5.78. The van der Waals surface area contributed by atoms with Crippen molar-refractivity contribution >= 4 is 34.6 Å². The van der Waals surface area contributed by atoms with Gasteiger partial charge in [-0.05, 0) is 36.4 Å². The van der Waals surface area contributed by atoms with Crippen molar-refractivity contribution in [1.29, 1.82) is 0 Å². The minimum atomic E-state index is -0.0355. The highest BCUT2D eigenvalue weighted by Gasteiger charge is 2.33. The second kappa shape index (κ2) is 8.28. The lowest BCUT2D eigenvalue weighted by Crippen LogP contribution is -2.36. The molecule has 0 aliphatic carbocycles. The molecule has 1 fully saturated rings. The first kappa shape index (κ1) is 19.4. The van der Waals surface area contributed by atoms with E-state index in [1.54, 1.807) is 12.0 Å². The lowest BCUT2D eigenvalue weighted by molar-refractivity contribution is -0.112. The highest BCUT2D eigenvalue weighted by atomic mass is 16.5. The van der Waals surface area contributed by atoms with E-state index in [2.05, 4.69) is 11.0 Å². The average Bonchev–Trinajstić information content (AvgIpc) is 3.11. The molecule has 1 saturated heterocycles. The van der Waals surface area contributed by atoms with Crippen LogP contribution >= 0.6 is 0 Å². The number of fused-ring (bicyclic) bond motifs is 1. The van der Waals surface area contributed by atoms with Crippen molar-refractivity contribution in [1.82, 2.24) is 0 Å². The first-order valence-electron chi connectivity index (χ1n) is 10.5. The molecule has 5 heteroatoms. The number of carbonyl (C=O) groups is 1. The molecule has 0 unspecified atom stereocenters. The third kappa shape index (κ3) is 3.57. The van der Waals surface area contributed by atoms with Crippen molar-refractivity contribution in [2.45, 2.75) is 0 Å². The summed E-state index contributed by atoms with van der Waals surface area (Å²) in [6, 6.07) is 23.8. The number of hydrogen-bond donors (Lipinski definition) is 0. The number of amides is 1. The van der Waals surface area contributed by atoms with Gasteiger partial charge in [0.1, 0.15) is 5.75 Å². The van der Waals surface area contributed by atoms with Crippen LogP contribution in [-0.2, 0) is 9.53 Å². The number of carbonyl (C=O) groups excluding carboxylic acids is 1. The van der Waals surface area contributed by atoms with Crippen molar-refractivity contribution in [3.05, 3.63) is 83.9 Å². The molecular formula is C26H24N2O3. The molecular weight excluding hydrogens is 388 g/mol. The summed E-state index contributed by atoms with van der Waals surface area (Å²) >= 11 is 0. The van der Waals surface area contributed by atoms with Gasteiger partial charge in [0.25, 0.3) is 5.91 Å². The molecule has 5 nitrogen and oxygen atoms in total. The van der Waals surface area contributed by atoms with Gasteiger partial charge in [0, 0.05) is 41.7 Å². The summed E-state index contributed by atoms with van der Waals surface area (Å²) in [5.74, 6) is 0.714. The Morgan fingerprint density at radius 3 is 2.42 bits per heavy atom. The monoisotopic (exact) mass is 412 g/mol. The minimum Gasteiger partial charge on any atom is -0.496 e. The van der Waals surface area contributed by atoms with Crippen molar-refractivity contribution in [3.63, 3.8) is 0 Å². The summed E-state index contributed by atoms with van der Waals surface area (Å²) in [5.41, 5.74) is 5.33. The van der Waals surface area contributed by atoms with E-state index in [9.17, 15) is 4.79 Å². The van der Waals surface area contributed by atoms with Crippen LogP contribution in [0.4, 0.5) is 17.1 Å². The number of anilines is 3. The summed E-state index contributed by atoms with van der Waals surface area (Å²) in [5, 5.41) is 0. The van der Waals surface area contributed by atoms with E-state index in [1.165, 1.54) is 0 Å². The normalized spacial score (nSPS) is 17.2. The Hall–Kier alpha value is -3.57. The Morgan fingerprint density at radius 1 is 0.903 bits per heavy atom. The first-order chi connectivity index (χ1) is 15.3. The minimum absolute atomic E-state index is 0.0355. The molecule has 0 N–H and O–H groups in total. The zero-order chi connectivity index (χ0) is 21.2. The van der Waals surface area contributed by atoms with Crippen molar-refractivity contribution in [2.75, 3.05) is 43.2 Å². The van der Waals surface area contributed by atoms with Gasteiger partial charge in [-0.1, -0.05) is 36.4 Å². The molecule has 5 rings (SSSR count). The lowest BCUT2D eigenvalue weighted by Gasteiger charge is -2.29. The number of hydrogen-bond acceptors (Lipinski definition) is 4. The topological polar surface area (TPSA) is 42.0 Å². The Labute approximate surface area is 182 Å². The van der Waals surface area contributed by atoms with Crippen LogP contribution in [0.3, 0.4) is 0 Å². The molecule has 2 aliphatic heterocycles. The largest absolute Gasteiger partial charge is 0.496 e. The Bertz CT molecular complexity index is 1130. The number of nitrogens with zero attached hydrogens (tertiary/aromatic N) is 2. The highest BCUT2D eigenvalue weighted by molar-refractivity contribution is 6.38. The van der Waals surface area contributed by atoms with Crippen LogP contribution in [0.25, 0.3) is 11.6 Å². The van der Waals surface area contributed by atoms with Crippen LogP contribution in [-0.4, -0.2) is 39.3 Å². The van der Waals surface area contributed by atoms with Crippen molar-refractivity contribution in [3.8, 4) is 5.75 Å². The van der Waals surface area contributed by atoms with E-state index in [0.717, 1.165) is 60.2 Å².